The summed E-state index contributed by atoms with van der Waals surface area (Å²) in [4.78, 5) is 87.4. The van der Waals surface area contributed by atoms with Crippen LogP contribution >= 0.6 is 11.8 Å². The lowest BCUT2D eigenvalue weighted by Crippen LogP contribution is -2.54. The SMILES string of the molecule is CNC(=O)OCc1ccc(NC(=O)C(CCCNC(N)=O)NC(=O)C(NC(=O)CCCCCN2C(=O)CC(SC)C2=O)C(C)C)cc1. The summed E-state index contributed by atoms with van der Waals surface area (Å²) >= 11 is 1.37. The summed E-state index contributed by atoms with van der Waals surface area (Å²) in [7, 11) is 1.45. The first kappa shape index (κ1) is 38.8. The quantitative estimate of drug-likeness (QED) is 0.0924. The number of primary amides is 1. The number of nitrogens with two attached hydrogens (primary N) is 1. The number of carbonyl (C=O) groups excluding carboxylic acids is 7. The molecule has 0 bridgehead atoms. The zero-order valence-electron chi connectivity index (χ0n) is 27.4. The molecule has 0 radical (unpaired) electrons. The highest BCUT2D eigenvalue weighted by molar-refractivity contribution is 8.00. The van der Waals surface area contributed by atoms with Crippen LogP contribution in [0.15, 0.2) is 24.3 Å². The maximum atomic E-state index is 13.3. The Morgan fingerprint density at radius 2 is 1.70 bits per heavy atom. The van der Waals surface area contributed by atoms with Crippen molar-refractivity contribution in [1.29, 1.82) is 0 Å². The zero-order chi connectivity index (χ0) is 34.9. The lowest BCUT2D eigenvalue weighted by molar-refractivity contribution is -0.138. The predicted octanol–water partition coefficient (Wildman–Crippen LogP) is 1.61. The fourth-order valence-electron chi connectivity index (χ4n) is 4.77. The Kier molecular flexibility index (Phi) is 16.5. The molecule has 3 atom stereocenters. The number of urea groups is 1. The van der Waals surface area contributed by atoms with Gasteiger partial charge in [0.25, 0.3) is 0 Å². The Balaban J connectivity index is 1.93. The second-order valence-electron chi connectivity index (χ2n) is 11.4. The van der Waals surface area contributed by atoms with Gasteiger partial charge in [0.15, 0.2) is 0 Å². The summed E-state index contributed by atoms with van der Waals surface area (Å²) < 4.78 is 5.01. The third kappa shape index (κ3) is 13.5. The van der Waals surface area contributed by atoms with Gasteiger partial charge in [-0.3, -0.25) is 28.9 Å². The highest BCUT2D eigenvalue weighted by Gasteiger charge is 2.37. The smallest absolute Gasteiger partial charge is 0.407 e. The van der Waals surface area contributed by atoms with Gasteiger partial charge in [0.2, 0.25) is 29.5 Å². The third-order valence-electron chi connectivity index (χ3n) is 7.44. The standard InChI is InChI=1S/C31H47N7O8S/c1-19(2)26(37-24(39)10-6-5-7-16-38-25(40)17-23(47-4)29(38)43)28(42)36-22(9-8-15-34-30(32)44)27(41)35-21-13-11-20(12-14-21)18-46-31(45)33-3/h11-14,19,22-23,26H,5-10,15-18H2,1-4H3,(H,33,45)(H,35,41)(H,36,42)(H,37,39)(H3,32,34,44). The lowest BCUT2D eigenvalue weighted by Gasteiger charge is -2.25. The third-order valence-corrected chi connectivity index (χ3v) is 8.37. The van der Waals surface area contributed by atoms with Crippen LogP contribution in [0.25, 0.3) is 0 Å². The number of hydrogen-bond acceptors (Lipinski definition) is 9. The predicted molar refractivity (Wildman–Crippen MR) is 177 cm³/mol. The van der Waals surface area contributed by atoms with E-state index in [1.54, 1.807) is 44.4 Å². The van der Waals surface area contributed by atoms with Crippen molar-refractivity contribution in [2.24, 2.45) is 11.7 Å². The van der Waals surface area contributed by atoms with Crippen LogP contribution in [0.5, 0.6) is 0 Å². The zero-order valence-corrected chi connectivity index (χ0v) is 28.2. The van der Waals surface area contributed by atoms with Gasteiger partial charge in [-0.15, -0.1) is 0 Å². The molecule has 8 amide bonds. The average Bonchev–Trinajstić information content (AvgIpc) is 3.31. The van der Waals surface area contributed by atoms with Gasteiger partial charge in [0.1, 0.15) is 18.7 Å². The highest BCUT2D eigenvalue weighted by atomic mass is 32.2. The number of benzene rings is 1. The molecule has 260 valence electrons. The van der Waals surface area contributed by atoms with Crippen LogP contribution in [0, 0.1) is 5.92 Å². The van der Waals surface area contributed by atoms with Gasteiger partial charge in [0.05, 0.1) is 5.25 Å². The minimum Gasteiger partial charge on any atom is -0.445 e. The Hall–Kier alpha value is -4.34. The van der Waals surface area contributed by atoms with E-state index in [4.69, 9.17) is 10.5 Å². The van der Waals surface area contributed by atoms with Crippen LogP contribution in [0.1, 0.15) is 64.4 Å². The minimum absolute atomic E-state index is 0.0428. The van der Waals surface area contributed by atoms with Crippen molar-refractivity contribution in [3.05, 3.63) is 29.8 Å². The number of anilines is 1. The van der Waals surface area contributed by atoms with Gasteiger partial charge in [-0.1, -0.05) is 32.4 Å². The lowest BCUT2D eigenvalue weighted by atomic mass is 10.0. The first-order chi connectivity index (χ1) is 22.4. The summed E-state index contributed by atoms with van der Waals surface area (Å²) in [5.41, 5.74) is 6.28. The number of nitrogens with one attached hydrogen (secondary N) is 5. The Bertz CT molecular complexity index is 1260. The maximum absolute atomic E-state index is 13.3. The van der Waals surface area contributed by atoms with Crippen molar-refractivity contribution in [2.45, 2.75) is 82.7 Å². The molecule has 47 heavy (non-hydrogen) atoms. The molecule has 1 fully saturated rings. The molecular weight excluding hydrogens is 630 g/mol. The van der Waals surface area contributed by atoms with E-state index in [1.165, 1.54) is 23.7 Å². The molecule has 1 saturated heterocycles. The molecule has 16 heteroatoms. The number of rotatable bonds is 19. The number of ether oxygens (including phenoxy) is 1. The summed E-state index contributed by atoms with van der Waals surface area (Å²) in [5, 5.41) is 12.8. The topological polar surface area (TPSA) is 218 Å². The van der Waals surface area contributed by atoms with Crippen LogP contribution in [0.2, 0.25) is 0 Å². The summed E-state index contributed by atoms with van der Waals surface area (Å²) in [6, 6.07) is 4.01. The molecule has 1 aliphatic heterocycles. The second-order valence-corrected chi connectivity index (χ2v) is 12.5. The molecular formula is C31H47N7O8S. The monoisotopic (exact) mass is 677 g/mol. The Morgan fingerprint density at radius 3 is 2.30 bits per heavy atom. The van der Waals surface area contributed by atoms with Gasteiger partial charge >= 0.3 is 12.1 Å². The van der Waals surface area contributed by atoms with E-state index in [-0.39, 0.29) is 61.3 Å². The normalized spacial score (nSPS) is 15.5. The average molecular weight is 678 g/mol. The fourth-order valence-corrected chi connectivity index (χ4v) is 5.41. The van der Waals surface area contributed by atoms with E-state index in [9.17, 15) is 33.6 Å². The van der Waals surface area contributed by atoms with Crippen LogP contribution in [0.3, 0.4) is 0 Å². The van der Waals surface area contributed by atoms with E-state index >= 15 is 0 Å². The van der Waals surface area contributed by atoms with Crippen molar-refractivity contribution in [3.8, 4) is 0 Å². The molecule has 1 aliphatic rings. The van der Waals surface area contributed by atoms with Crippen molar-refractivity contribution < 1.29 is 38.3 Å². The van der Waals surface area contributed by atoms with E-state index in [2.05, 4.69) is 26.6 Å². The molecule has 7 N–H and O–H groups in total. The van der Waals surface area contributed by atoms with Crippen LogP contribution in [-0.2, 0) is 35.3 Å². The molecule has 3 unspecified atom stereocenters. The molecule has 0 saturated carbocycles. The minimum atomic E-state index is -0.992. The van der Waals surface area contributed by atoms with Crippen molar-refractivity contribution in [3.63, 3.8) is 0 Å². The summed E-state index contributed by atoms with van der Waals surface area (Å²) in [5.74, 6) is -1.99. The number of likely N-dealkylation sites (tertiary alicyclic amines) is 1. The molecule has 0 aliphatic carbocycles. The van der Waals surface area contributed by atoms with Crippen molar-refractivity contribution >= 4 is 59.1 Å². The van der Waals surface area contributed by atoms with Gasteiger partial charge in [0, 0.05) is 38.7 Å². The first-order valence-corrected chi connectivity index (χ1v) is 16.9. The fraction of sp³-hybridized carbons (Fsp3) is 0.581. The Morgan fingerprint density at radius 1 is 1.00 bits per heavy atom. The molecule has 2 rings (SSSR count). The number of amides is 8. The van der Waals surface area contributed by atoms with Gasteiger partial charge in [-0.05, 0) is 55.6 Å². The first-order valence-electron chi connectivity index (χ1n) is 15.6. The number of thioether (sulfide) groups is 1. The Labute approximate surface area is 279 Å². The molecule has 0 aromatic heterocycles. The van der Waals surface area contributed by atoms with Gasteiger partial charge in [-0.2, -0.15) is 11.8 Å². The summed E-state index contributed by atoms with van der Waals surface area (Å²) in [6.45, 7) is 4.11. The molecule has 1 heterocycles. The van der Waals surface area contributed by atoms with E-state index in [1.807, 2.05) is 0 Å². The summed E-state index contributed by atoms with van der Waals surface area (Å²) in [6.07, 6.45) is 3.82. The molecule has 15 nitrogen and oxygen atoms in total. The largest absolute Gasteiger partial charge is 0.445 e. The number of carbonyl (C=O) groups is 7. The van der Waals surface area contributed by atoms with E-state index < -0.39 is 36.0 Å². The van der Waals surface area contributed by atoms with Crippen molar-refractivity contribution in [1.82, 2.24) is 26.2 Å². The molecule has 1 aromatic rings. The van der Waals surface area contributed by atoms with E-state index in [0.717, 1.165) is 0 Å². The number of hydrogen-bond donors (Lipinski definition) is 6. The maximum Gasteiger partial charge on any atom is 0.407 e. The highest BCUT2D eigenvalue weighted by Crippen LogP contribution is 2.23. The van der Waals surface area contributed by atoms with Crippen LogP contribution in [0.4, 0.5) is 15.3 Å². The molecule has 0 spiro atoms. The van der Waals surface area contributed by atoms with Crippen LogP contribution < -0.4 is 32.3 Å². The van der Waals surface area contributed by atoms with Gasteiger partial charge < -0.3 is 37.1 Å². The van der Waals surface area contributed by atoms with E-state index in [0.29, 0.717) is 43.5 Å². The number of nitrogens with zero attached hydrogens (tertiary/aromatic N) is 1. The number of imide groups is 1. The van der Waals surface area contributed by atoms with Gasteiger partial charge in [-0.25, -0.2) is 9.59 Å². The van der Waals surface area contributed by atoms with Crippen molar-refractivity contribution in [2.75, 3.05) is 31.7 Å². The number of unbranched alkanes of at least 4 members (excludes halogenated alkanes) is 2. The number of alkyl carbamates (subject to hydrolysis) is 1. The molecule has 1 aromatic carbocycles. The van der Waals surface area contributed by atoms with Crippen LogP contribution in [-0.4, -0.2) is 90.3 Å². The second kappa shape index (κ2) is 20.0.